The third kappa shape index (κ3) is 7.43. The third-order valence-electron chi connectivity index (χ3n) is 5.96. The maximum atomic E-state index is 6.30. The Hall–Kier alpha value is -1.63. The second-order valence-corrected chi connectivity index (χ2v) is 11.8. The van der Waals surface area contributed by atoms with Crippen LogP contribution in [0.4, 0.5) is 11.4 Å². The molecule has 2 aromatic rings. The van der Waals surface area contributed by atoms with E-state index < -0.39 is 0 Å². The van der Waals surface area contributed by atoms with E-state index >= 15 is 0 Å². The number of rotatable bonds is 10. The lowest BCUT2D eigenvalue weighted by Gasteiger charge is -2.21. The SMILES string of the molecule is C/C(=C\C(C[PH2+]Cl)=Nc1c(C(C)C)cccc1C(C)C)Nc1c(C(C)C)cccc1C(C)C. The zero-order valence-corrected chi connectivity index (χ0v) is 23.9. The number of aliphatic imine (C=N–C) groups is 1. The van der Waals surface area contributed by atoms with Crippen LogP contribution in [-0.2, 0) is 0 Å². The smallest absolute Gasteiger partial charge is 0.113 e. The lowest BCUT2D eigenvalue weighted by molar-refractivity contribution is 0.834. The van der Waals surface area contributed by atoms with Crippen LogP contribution >= 0.6 is 19.2 Å². The van der Waals surface area contributed by atoms with E-state index in [4.69, 9.17) is 16.2 Å². The maximum Gasteiger partial charge on any atom is 0.113 e. The monoisotopic (exact) mass is 485 g/mol. The molecule has 0 saturated heterocycles. The first kappa shape index (κ1) is 27.6. The van der Waals surface area contributed by atoms with Gasteiger partial charge in [-0.3, -0.25) is 0 Å². The number of anilines is 1. The number of para-hydroxylation sites is 2. The fourth-order valence-electron chi connectivity index (χ4n) is 4.18. The molecule has 0 bridgehead atoms. The Morgan fingerprint density at radius 1 is 0.818 bits per heavy atom. The van der Waals surface area contributed by atoms with Crippen LogP contribution in [0.25, 0.3) is 0 Å². The van der Waals surface area contributed by atoms with Crippen LogP contribution in [0.1, 0.15) is 108 Å². The number of benzene rings is 2. The summed E-state index contributed by atoms with van der Waals surface area (Å²) in [4.78, 5) is 5.22. The standard InChI is InChI=1S/C29H42ClN2P/c1-18(2)24-12-10-13-25(19(3)4)28(24)31-22(9)16-23(17-33-30)32-29-26(20(5)6)14-11-15-27(29)21(7)8/h10-16,18-21,31,33H,17H2,1-9H3/p+1/b22-16+,32-23?. The van der Waals surface area contributed by atoms with Gasteiger partial charge in [0.2, 0.25) is 0 Å². The van der Waals surface area contributed by atoms with Gasteiger partial charge >= 0.3 is 0 Å². The molecular formula is C29H43ClN2P+. The fourth-order valence-corrected chi connectivity index (χ4v) is 5.02. The highest BCUT2D eigenvalue weighted by molar-refractivity contribution is 7.69. The van der Waals surface area contributed by atoms with E-state index in [1.165, 1.54) is 27.9 Å². The molecule has 0 fully saturated rings. The van der Waals surface area contributed by atoms with E-state index in [0.717, 1.165) is 23.3 Å². The van der Waals surface area contributed by atoms with Crippen molar-refractivity contribution >= 4 is 36.3 Å². The summed E-state index contributed by atoms with van der Waals surface area (Å²) in [5, 5.41) is 3.74. The first-order chi connectivity index (χ1) is 15.6. The highest BCUT2D eigenvalue weighted by Crippen LogP contribution is 2.36. The molecule has 0 heterocycles. The number of allylic oxidation sites excluding steroid dienone is 2. The Kier molecular flexibility index (Phi) is 10.6. The molecule has 0 saturated carbocycles. The van der Waals surface area contributed by atoms with E-state index in [-0.39, 0.29) is 7.93 Å². The molecule has 0 spiro atoms. The number of hydrogen-bond donors (Lipinski definition) is 1. The topological polar surface area (TPSA) is 24.4 Å². The Morgan fingerprint density at radius 2 is 1.24 bits per heavy atom. The fraction of sp³-hybridized carbons (Fsp3) is 0.483. The van der Waals surface area contributed by atoms with Gasteiger partial charge in [0.15, 0.2) is 0 Å². The molecule has 0 radical (unpaired) electrons. The van der Waals surface area contributed by atoms with E-state index in [1.807, 2.05) is 0 Å². The zero-order valence-electron chi connectivity index (χ0n) is 22.0. The number of nitrogens with zero attached hydrogens (tertiary/aromatic N) is 1. The first-order valence-corrected chi connectivity index (χ1v) is 14.8. The molecular weight excluding hydrogens is 443 g/mol. The minimum absolute atomic E-state index is 0.201. The predicted octanol–water partition coefficient (Wildman–Crippen LogP) is 9.83. The van der Waals surface area contributed by atoms with Crippen molar-refractivity contribution in [3.63, 3.8) is 0 Å². The van der Waals surface area contributed by atoms with E-state index in [1.54, 1.807) is 0 Å². The largest absolute Gasteiger partial charge is 0.359 e. The molecule has 2 aromatic carbocycles. The zero-order chi connectivity index (χ0) is 24.7. The highest BCUT2D eigenvalue weighted by atomic mass is 35.7. The molecule has 2 rings (SSSR count). The van der Waals surface area contributed by atoms with Crippen LogP contribution in [0.3, 0.4) is 0 Å². The number of nitrogens with one attached hydrogen (secondary N) is 1. The Balaban J connectivity index is 2.56. The van der Waals surface area contributed by atoms with Crippen molar-refractivity contribution in [2.45, 2.75) is 86.0 Å². The summed E-state index contributed by atoms with van der Waals surface area (Å²) < 4.78 is 0. The number of hydrogen-bond acceptors (Lipinski definition) is 2. The van der Waals surface area contributed by atoms with Gasteiger partial charge in [0.05, 0.1) is 30.6 Å². The van der Waals surface area contributed by atoms with Crippen molar-refractivity contribution in [1.29, 1.82) is 0 Å². The second kappa shape index (κ2) is 12.7. The van der Waals surface area contributed by atoms with Crippen LogP contribution < -0.4 is 5.32 Å². The van der Waals surface area contributed by atoms with Crippen LogP contribution in [0, 0.1) is 0 Å². The van der Waals surface area contributed by atoms with Crippen molar-refractivity contribution < 1.29 is 0 Å². The third-order valence-corrected chi connectivity index (χ3v) is 7.00. The summed E-state index contributed by atoms with van der Waals surface area (Å²) in [7, 11) is -0.201. The Morgan fingerprint density at radius 3 is 1.64 bits per heavy atom. The van der Waals surface area contributed by atoms with Crippen molar-refractivity contribution in [3.05, 3.63) is 70.4 Å². The summed E-state index contributed by atoms with van der Waals surface area (Å²) in [5.41, 5.74) is 9.81. The second-order valence-electron chi connectivity index (χ2n) is 10.1. The molecule has 0 aromatic heterocycles. The van der Waals surface area contributed by atoms with Gasteiger partial charge in [-0.25, -0.2) is 4.99 Å². The van der Waals surface area contributed by atoms with Gasteiger partial charge in [0.25, 0.3) is 0 Å². The molecule has 1 N–H and O–H groups in total. The molecule has 4 heteroatoms. The van der Waals surface area contributed by atoms with Crippen molar-refractivity contribution in [2.24, 2.45) is 4.99 Å². The lowest BCUT2D eigenvalue weighted by atomic mass is 9.92. The molecule has 33 heavy (non-hydrogen) atoms. The van der Waals surface area contributed by atoms with Crippen LogP contribution in [0.2, 0.25) is 0 Å². The van der Waals surface area contributed by atoms with E-state index in [2.05, 4.69) is 110 Å². The van der Waals surface area contributed by atoms with Gasteiger partial charge in [0, 0.05) is 11.4 Å². The van der Waals surface area contributed by atoms with Gasteiger partial charge in [0.1, 0.15) is 6.16 Å². The summed E-state index contributed by atoms with van der Waals surface area (Å²) in [6.07, 6.45) is 3.01. The van der Waals surface area contributed by atoms with E-state index in [0.29, 0.717) is 23.7 Å². The summed E-state index contributed by atoms with van der Waals surface area (Å²) >= 11 is 6.30. The Bertz CT molecular complexity index is 935. The van der Waals surface area contributed by atoms with Crippen LogP contribution in [-0.4, -0.2) is 11.9 Å². The van der Waals surface area contributed by atoms with Crippen molar-refractivity contribution in [3.8, 4) is 0 Å². The summed E-state index contributed by atoms with van der Waals surface area (Å²) in [6.45, 7) is 20.1. The van der Waals surface area contributed by atoms with Gasteiger partial charge in [-0.05, 0) is 58.9 Å². The normalized spacial score (nSPS) is 13.4. The number of halogens is 1. The average Bonchev–Trinajstić information content (AvgIpc) is 2.73. The van der Waals surface area contributed by atoms with Crippen molar-refractivity contribution in [1.82, 2.24) is 0 Å². The minimum atomic E-state index is -0.201. The molecule has 1 atom stereocenters. The van der Waals surface area contributed by atoms with Gasteiger partial charge in [-0.2, -0.15) is 0 Å². The van der Waals surface area contributed by atoms with Crippen molar-refractivity contribution in [2.75, 3.05) is 11.5 Å². The van der Waals surface area contributed by atoms with Crippen LogP contribution in [0.5, 0.6) is 0 Å². The summed E-state index contributed by atoms with van der Waals surface area (Å²) in [5.74, 6) is 1.74. The Labute approximate surface area is 208 Å². The maximum absolute atomic E-state index is 6.30. The highest BCUT2D eigenvalue weighted by Gasteiger charge is 2.16. The van der Waals surface area contributed by atoms with Gasteiger partial charge in [-0.1, -0.05) is 91.8 Å². The average molecular weight is 486 g/mol. The molecule has 0 aliphatic rings. The molecule has 1 unspecified atom stereocenters. The van der Waals surface area contributed by atoms with Gasteiger partial charge in [-0.15, -0.1) is 0 Å². The quantitative estimate of drug-likeness (QED) is 0.262. The molecule has 0 amide bonds. The lowest BCUT2D eigenvalue weighted by Crippen LogP contribution is -2.08. The molecule has 180 valence electrons. The van der Waals surface area contributed by atoms with Crippen LogP contribution in [0.15, 0.2) is 53.2 Å². The van der Waals surface area contributed by atoms with Gasteiger partial charge < -0.3 is 5.32 Å². The first-order valence-electron chi connectivity index (χ1n) is 12.3. The molecule has 0 aliphatic heterocycles. The predicted molar refractivity (Wildman–Crippen MR) is 154 cm³/mol. The summed E-state index contributed by atoms with van der Waals surface area (Å²) in [6, 6.07) is 13.2. The van der Waals surface area contributed by atoms with E-state index in [9.17, 15) is 0 Å². The minimum Gasteiger partial charge on any atom is -0.359 e. The molecule has 0 aliphatic carbocycles. The molecule has 2 nitrogen and oxygen atoms in total.